The molecule has 106 valence electrons. The summed E-state index contributed by atoms with van der Waals surface area (Å²) in [4.78, 5) is 31.1. The summed E-state index contributed by atoms with van der Waals surface area (Å²) in [5.41, 5.74) is 11.7. The van der Waals surface area contributed by atoms with Crippen LogP contribution < -0.4 is 21.7 Å². The fraction of sp³-hybridized carbons (Fsp3) is 0.417. The minimum atomic E-state index is -0.553. The first-order chi connectivity index (χ1) is 9.56. The van der Waals surface area contributed by atoms with Crippen LogP contribution in [0.3, 0.4) is 0 Å². The van der Waals surface area contributed by atoms with Crippen molar-refractivity contribution in [2.24, 2.45) is 5.73 Å². The average molecular weight is 276 g/mol. The van der Waals surface area contributed by atoms with Crippen LogP contribution in [0.5, 0.6) is 0 Å². The Balaban J connectivity index is 1.87. The van der Waals surface area contributed by atoms with Gasteiger partial charge in [0.2, 0.25) is 0 Å². The number of nitrogens with two attached hydrogens (primary N) is 2. The lowest BCUT2D eigenvalue weighted by atomic mass is 10.1. The fourth-order valence-electron chi connectivity index (χ4n) is 2.70. The van der Waals surface area contributed by atoms with Gasteiger partial charge in [-0.2, -0.15) is 0 Å². The number of carbonyl (C=O) groups excluding carboxylic acids is 2. The van der Waals surface area contributed by atoms with E-state index in [1.54, 1.807) is 4.90 Å². The van der Waals surface area contributed by atoms with E-state index in [9.17, 15) is 9.59 Å². The van der Waals surface area contributed by atoms with Crippen LogP contribution in [0.25, 0.3) is 0 Å². The highest BCUT2D eigenvalue weighted by atomic mass is 16.2. The van der Waals surface area contributed by atoms with Gasteiger partial charge < -0.3 is 26.6 Å². The molecule has 1 aromatic rings. The van der Waals surface area contributed by atoms with Crippen molar-refractivity contribution in [2.45, 2.75) is 6.04 Å². The second-order valence-corrected chi connectivity index (χ2v) is 4.98. The first-order valence-corrected chi connectivity index (χ1v) is 6.41. The normalized spacial score (nSPS) is 21.6. The van der Waals surface area contributed by atoms with E-state index in [0.29, 0.717) is 43.2 Å². The van der Waals surface area contributed by atoms with E-state index in [1.165, 1.54) is 12.3 Å². The lowest BCUT2D eigenvalue weighted by molar-refractivity contribution is 0.1000. The third kappa shape index (κ3) is 1.98. The average Bonchev–Trinajstić information content (AvgIpc) is 2.80. The summed E-state index contributed by atoms with van der Waals surface area (Å²) in [5, 5.41) is 2.81. The quantitative estimate of drug-likeness (QED) is 0.639. The highest BCUT2D eigenvalue weighted by Gasteiger charge is 2.36. The lowest BCUT2D eigenvalue weighted by Gasteiger charge is -2.37. The van der Waals surface area contributed by atoms with Crippen LogP contribution in [0.2, 0.25) is 0 Å². The van der Waals surface area contributed by atoms with E-state index in [2.05, 4.69) is 10.3 Å². The molecule has 8 nitrogen and oxygen atoms in total. The standard InChI is InChI=1S/C12H16N6O2/c13-7-3-9(10(14)19)11(15-4-7)17-1-2-18-8(6-17)5-16-12(18)20/h3-4,8H,1-2,5-6,13H2,(H2,14,19)(H,16,20). The number of aromatic nitrogens is 1. The van der Waals surface area contributed by atoms with Crippen molar-refractivity contribution in [1.29, 1.82) is 0 Å². The van der Waals surface area contributed by atoms with Crippen molar-refractivity contribution in [3.63, 3.8) is 0 Å². The maximum atomic E-state index is 11.6. The highest BCUT2D eigenvalue weighted by molar-refractivity contribution is 5.98. The van der Waals surface area contributed by atoms with Crippen LogP contribution in [-0.4, -0.2) is 54.0 Å². The number of pyridine rings is 1. The molecule has 0 bridgehead atoms. The Bertz CT molecular complexity index is 575. The summed E-state index contributed by atoms with van der Waals surface area (Å²) in [7, 11) is 0. The predicted octanol–water partition coefficient (Wildman–Crippen LogP) is -1.02. The Kier molecular flexibility index (Phi) is 2.85. The van der Waals surface area contributed by atoms with Gasteiger partial charge in [-0.25, -0.2) is 9.78 Å². The number of nitrogen functional groups attached to an aromatic ring is 1. The maximum Gasteiger partial charge on any atom is 0.317 e. The number of amides is 3. The Morgan fingerprint density at radius 3 is 3.00 bits per heavy atom. The van der Waals surface area contributed by atoms with Crippen LogP contribution >= 0.6 is 0 Å². The number of hydrogen-bond acceptors (Lipinski definition) is 5. The van der Waals surface area contributed by atoms with Crippen LogP contribution in [0, 0.1) is 0 Å². The number of carbonyl (C=O) groups is 2. The number of nitrogens with zero attached hydrogens (tertiary/aromatic N) is 3. The molecule has 1 unspecified atom stereocenters. The van der Waals surface area contributed by atoms with E-state index in [0.717, 1.165) is 0 Å². The van der Waals surface area contributed by atoms with Crippen molar-refractivity contribution < 1.29 is 9.59 Å². The third-order valence-electron chi connectivity index (χ3n) is 3.69. The minimum absolute atomic E-state index is 0.0324. The fourth-order valence-corrected chi connectivity index (χ4v) is 2.70. The van der Waals surface area contributed by atoms with Gasteiger partial charge in [0, 0.05) is 26.2 Å². The van der Waals surface area contributed by atoms with E-state index in [4.69, 9.17) is 11.5 Å². The van der Waals surface area contributed by atoms with Gasteiger partial charge in [-0.05, 0) is 6.07 Å². The van der Waals surface area contributed by atoms with E-state index < -0.39 is 5.91 Å². The molecule has 3 heterocycles. The summed E-state index contributed by atoms with van der Waals surface area (Å²) < 4.78 is 0. The summed E-state index contributed by atoms with van der Waals surface area (Å²) in [6, 6.07) is 1.60. The van der Waals surface area contributed by atoms with Crippen molar-refractivity contribution in [2.75, 3.05) is 36.8 Å². The van der Waals surface area contributed by atoms with Crippen molar-refractivity contribution in [3.05, 3.63) is 17.8 Å². The van der Waals surface area contributed by atoms with Gasteiger partial charge in [0.25, 0.3) is 5.91 Å². The zero-order chi connectivity index (χ0) is 14.3. The molecular weight excluding hydrogens is 260 g/mol. The number of urea groups is 1. The molecule has 0 saturated carbocycles. The smallest absolute Gasteiger partial charge is 0.317 e. The van der Waals surface area contributed by atoms with Crippen LogP contribution in [0.15, 0.2) is 12.3 Å². The molecule has 1 aromatic heterocycles. The first-order valence-electron chi connectivity index (χ1n) is 6.41. The number of anilines is 2. The van der Waals surface area contributed by atoms with Gasteiger partial charge in [0.15, 0.2) is 0 Å². The first kappa shape index (κ1) is 12.5. The van der Waals surface area contributed by atoms with Crippen molar-refractivity contribution in [3.8, 4) is 0 Å². The summed E-state index contributed by atoms with van der Waals surface area (Å²) in [6.45, 7) is 2.44. The molecule has 3 amide bonds. The second kappa shape index (κ2) is 4.55. The molecule has 3 rings (SSSR count). The number of piperazine rings is 1. The molecule has 2 saturated heterocycles. The predicted molar refractivity (Wildman–Crippen MR) is 73.3 cm³/mol. The molecular formula is C12H16N6O2. The Hall–Kier alpha value is -2.51. The van der Waals surface area contributed by atoms with Gasteiger partial charge >= 0.3 is 6.03 Å². The van der Waals surface area contributed by atoms with Gasteiger partial charge in [-0.15, -0.1) is 0 Å². The molecule has 2 aliphatic heterocycles. The van der Waals surface area contributed by atoms with E-state index >= 15 is 0 Å². The summed E-state index contributed by atoms with van der Waals surface area (Å²) in [6.07, 6.45) is 1.51. The maximum absolute atomic E-state index is 11.6. The minimum Gasteiger partial charge on any atom is -0.397 e. The van der Waals surface area contributed by atoms with E-state index in [1.807, 2.05) is 4.90 Å². The SMILES string of the molecule is NC(=O)c1cc(N)cnc1N1CCN2C(=O)NCC2C1. The molecule has 5 N–H and O–H groups in total. The van der Waals surface area contributed by atoms with Crippen LogP contribution in [-0.2, 0) is 0 Å². The third-order valence-corrected chi connectivity index (χ3v) is 3.69. The molecule has 20 heavy (non-hydrogen) atoms. The molecule has 2 fully saturated rings. The molecule has 0 spiro atoms. The van der Waals surface area contributed by atoms with Crippen LogP contribution in [0.1, 0.15) is 10.4 Å². The van der Waals surface area contributed by atoms with Crippen molar-refractivity contribution in [1.82, 2.24) is 15.2 Å². The van der Waals surface area contributed by atoms with Gasteiger partial charge in [0.1, 0.15) is 5.82 Å². The topological polar surface area (TPSA) is 118 Å². The molecule has 2 aliphatic rings. The van der Waals surface area contributed by atoms with Gasteiger partial charge in [-0.3, -0.25) is 4.79 Å². The Labute approximate surface area is 115 Å². The summed E-state index contributed by atoms with van der Waals surface area (Å²) in [5.74, 6) is -0.0199. The number of nitrogens with one attached hydrogen (secondary N) is 1. The molecule has 0 aromatic carbocycles. The lowest BCUT2D eigenvalue weighted by Crippen LogP contribution is -2.52. The summed E-state index contributed by atoms with van der Waals surface area (Å²) >= 11 is 0. The highest BCUT2D eigenvalue weighted by Crippen LogP contribution is 2.24. The Morgan fingerprint density at radius 1 is 1.45 bits per heavy atom. The number of fused-ring (bicyclic) bond motifs is 1. The van der Waals surface area contributed by atoms with Crippen molar-refractivity contribution >= 4 is 23.4 Å². The second-order valence-electron chi connectivity index (χ2n) is 4.98. The zero-order valence-corrected chi connectivity index (χ0v) is 10.9. The largest absolute Gasteiger partial charge is 0.397 e. The number of primary amides is 1. The molecule has 8 heteroatoms. The molecule has 1 atom stereocenters. The molecule has 0 radical (unpaired) electrons. The number of rotatable bonds is 2. The van der Waals surface area contributed by atoms with Gasteiger partial charge in [0.05, 0.1) is 23.5 Å². The Morgan fingerprint density at radius 2 is 2.25 bits per heavy atom. The number of hydrogen-bond donors (Lipinski definition) is 3. The van der Waals surface area contributed by atoms with Crippen LogP contribution in [0.4, 0.5) is 16.3 Å². The zero-order valence-electron chi connectivity index (χ0n) is 10.9. The van der Waals surface area contributed by atoms with Gasteiger partial charge in [-0.1, -0.05) is 0 Å². The molecule has 0 aliphatic carbocycles. The monoisotopic (exact) mass is 276 g/mol. The van der Waals surface area contributed by atoms with E-state index in [-0.39, 0.29) is 12.1 Å².